The third-order valence-electron chi connectivity index (χ3n) is 6.24. The lowest BCUT2D eigenvalue weighted by Crippen LogP contribution is -2.27. The minimum Gasteiger partial charge on any atom is -0.455 e. The SMILES string of the molecule is Cc1c(C(=O)N2CCCC2)oc2c1-c1nn(CC(=O)NCc3ccccc3F)cc1CC2. The standard InChI is InChI=1S/C24H25FN4O3/c1-15-21-19(32-23(15)24(31)28-10-4-5-11-28)9-8-17-13-29(27-22(17)21)14-20(30)26-12-16-6-2-3-7-18(16)25/h2-3,6-7,13H,4-5,8-12,14H2,1H3,(H,26,30). The van der Waals surface area contributed by atoms with E-state index in [1.807, 2.05) is 18.0 Å². The van der Waals surface area contributed by atoms with Crippen molar-refractivity contribution in [1.82, 2.24) is 20.0 Å². The fraction of sp³-hybridized carbons (Fsp3) is 0.375. The first-order valence-corrected chi connectivity index (χ1v) is 11.0. The number of rotatable bonds is 5. The molecule has 5 rings (SSSR count). The molecule has 8 heteroatoms. The highest BCUT2D eigenvalue weighted by molar-refractivity contribution is 5.95. The van der Waals surface area contributed by atoms with Gasteiger partial charge in [-0.25, -0.2) is 4.39 Å². The number of aryl methyl sites for hydroxylation is 2. The Morgan fingerprint density at radius 3 is 2.75 bits per heavy atom. The molecule has 0 bridgehead atoms. The number of benzene rings is 1. The number of furan rings is 1. The van der Waals surface area contributed by atoms with Gasteiger partial charge in [-0.2, -0.15) is 5.10 Å². The molecular formula is C24H25FN4O3. The third-order valence-corrected chi connectivity index (χ3v) is 6.24. The third kappa shape index (κ3) is 3.70. The smallest absolute Gasteiger partial charge is 0.289 e. The van der Waals surface area contributed by atoms with Crippen LogP contribution in [0.15, 0.2) is 34.9 Å². The molecule has 0 spiro atoms. The van der Waals surface area contributed by atoms with Crippen LogP contribution in [0.2, 0.25) is 0 Å². The van der Waals surface area contributed by atoms with Crippen molar-refractivity contribution >= 4 is 11.8 Å². The van der Waals surface area contributed by atoms with Gasteiger partial charge in [-0.3, -0.25) is 14.3 Å². The molecule has 1 fully saturated rings. The summed E-state index contributed by atoms with van der Waals surface area (Å²) in [5.41, 5.74) is 3.93. The van der Waals surface area contributed by atoms with E-state index >= 15 is 0 Å². The van der Waals surface area contributed by atoms with Crippen molar-refractivity contribution in [3.05, 3.63) is 64.5 Å². The Morgan fingerprint density at radius 2 is 1.97 bits per heavy atom. The summed E-state index contributed by atoms with van der Waals surface area (Å²) in [6.07, 6.45) is 5.36. The number of hydrogen-bond acceptors (Lipinski definition) is 4. The molecule has 0 saturated carbocycles. The van der Waals surface area contributed by atoms with Crippen LogP contribution in [0.25, 0.3) is 11.3 Å². The minimum absolute atomic E-state index is 0.0350. The molecule has 0 atom stereocenters. The topological polar surface area (TPSA) is 80.4 Å². The van der Waals surface area contributed by atoms with Crippen LogP contribution in [-0.2, 0) is 30.7 Å². The summed E-state index contributed by atoms with van der Waals surface area (Å²) in [4.78, 5) is 27.1. The molecule has 166 valence electrons. The van der Waals surface area contributed by atoms with E-state index in [9.17, 15) is 14.0 Å². The number of carbonyl (C=O) groups is 2. The van der Waals surface area contributed by atoms with Crippen molar-refractivity contribution in [3.63, 3.8) is 0 Å². The second-order valence-corrected chi connectivity index (χ2v) is 8.42. The lowest BCUT2D eigenvalue weighted by Gasteiger charge is -2.13. The van der Waals surface area contributed by atoms with Crippen molar-refractivity contribution in [1.29, 1.82) is 0 Å². The van der Waals surface area contributed by atoms with E-state index in [0.29, 0.717) is 17.7 Å². The molecule has 2 aromatic heterocycles. The molecule has 0 radical (unpaired) electrons. The predicted octanol–water partition coefficient (Wildman–Crippen LogP) is 3.24. The Labute approximate surface area is 185 Å². The van der Waals surface area contributed by atoms with Gasteiger partial charge in [-0.15, -0.1) is 0 Å². The average molecular weight is 436 g/mol. The zero-order valence-electron chi connectivity index (χ0n) is 18.0. The van der Waals surface area contributed by atoms with Gasteiger partial charge in [0.2, 0.25) is 5.91 Å². The van der Waals surface area contributed by atoms with Crippen molar-refractivity contribution in [2.45, 2.75) is 45.7 Å². The fourth-order valence-electron chi connectivity index (χ4n) is 4.55. The van der Waals surface area contributed by atoms with Crippen LogP contribution < -0.4 is 5.32 Å². The zero-order valence-corrected chi connectivity index (χ0v) is 18.0. The monoisotopic (exact) mass is 436 g/mol. The Bertz CT molecular complexity index is 1190. The van der Waals surface area contributed by atoms with Gasteiger partial charge in [0.25, 0.3) is 5.91 Å². The van der Waals surface area contributed by atoms with Crippen molar-refractivity contribution in [2.24, 2.45) is 0 Å². The van der Waals surface area contributed by atoms with Gasteiger partial charge in [-0.05, 0) is 37.8 Å². The van der Waals surface area contributed by atoms with Crippen molar-refractivity contribution < 1.29 is 18.4 Å². The van der Waals surface area contributed by atoms with E-state index in [1.165, 1.54) is 6.07 Å². The number of likely N-dealkylation sites (tertiary alicyclic amines) is 1. The molecule has 2 aliphatic rings. The van der Waals surface area contributed by atoms with Crippen LogP contribution >= 0.6 is 0 Å². The van der Waals surface area contributed by atoms with E-state index in [4.69, 9.17) is 4.42 Å². The maximum atomic E-state index is 13.8. The number of amides is 2. The second-order valence-electron chi connectivity index (χ2n) is 8.42. The molecule has 2 amide bonds. The first-order chi connectivity index (χ1) is 15.5. The molecule has 1 aromatic carbocycles. The van der Waals surface area contributed by atoms with Gasteiger partial charge in [0.05, 0.1) is 5.69 Å². The van der Waals surface area contributed by atoms with Crippen molar-refractivity contribution in [2.75, 3.05) is 13.1 Å². The van der Waals surface area contributed by atoms with Crippen LogP contribution in [0.5, 0.6) is 0 Å². The average Bonchev–Trinajstić information content (AvgIpc) is 3.51. The van der Waals surface area contributed by atoms with Gasteiger partial charge in [0.1, 0.15) is 18.1 Å². The van der Waals surface area contributed by atoms with Gasteiger partial charge in [0.15, 0.2) is 5.76 Å². The van der Waals surface area contributed by atoms with Crippen LogP contribution in [0.3, 0.4) is 0 Å². The molecule has 1 aliphatic heterocycles. The normalized spacial score (nSPS) is 14.9. The molecule has 3 aromatic rings. The summed E-state index contributed by atoms with van der Waals surface area (Å²) in [7, 11) is 0. The number of nitrogens with zero attached hydrogens (tertiary/aromatic N) is 3. The van der Waals surface area contributed by atoms with E-state index in [1.54, 1.807) is 22.9 Å². The van der Waals surface area contributed by atoms with Crippen molar-refractivity contribution in [3.8, 4) is 11.3 Å². The Balaban J connectivity index is 1.33. The second kappa shape index (κ2) is 8.26. The molecule has 1 aliphatic carbocycles. The molecular weight excluding hydrogens is 411 g/mol. The van der Waals surface area contributed by atoms with Gasteiger partial charge >= 0.3 is 0 Å². The Hall–Kier alpha value is -3.42. The highest BCUT2D eigenvalue weighted by atomic mass is 19.1. The van der Waals surface area contributed by atoms with E-state index in [2.05, 4.69) is 10.4 Å². The summed E-state index contributed by atoms with van der Waals surface area (Å²) >= 11 is 0. The Morgan fingerprint density at radius 1 is 1.19 bits per heavy atom. The quantitative estimate of drug-likeness (QED) is 0.666. The fourth-order valence-corrected chi connectivity index (χ4v) is 4.55. The summed E-state index contributed by atoms with van der Waals surface area (Å²) in [5.74, 6) is 0.545. The molecule has 1 saturated heterocycles. The number of aromatic nitrogens is 2. The summed E-state index contributed by atoms with van der Waals surface area (Å²) in [6, 6.07) is 6.37. The summed E-state index contributed by atoms with van der Waals surface area (Å²) < 4.78 is 21.4. The maximum absolute atomic E-state index is 13.8. The molecule has 7 nitrogen and oxygen atoms in total. The van der Waals surface area contributed by atoms with Gasteiger partial charge in [-0.1, -0.05) is 18.2 Å². The first kappa shape index (κ1) is 20.5. The Kier molecular flexibility index (Phi) is 5.28. The van der Waals surface area contributed by atoms with E-state index in [0.717, 1.165) is 60.5 Å². The largest absolute Gasteiger partial charge is 0.455 e. The molecule has 3 heterocycles. The predicted molar refractivity (Wildman–Crippen MR) is 115 cm³/mol. The van der Waals surface area contributed by atoms with Gasteiger partial charge in [0, 0.05) is 48.9 Å². The molecule has 0 unspecified atom stereocenters. The van der Waals surface area contributed by atoms with E-state index in [-0.39, 0.29) is 30.7 Å². The number of carbonyl (C=O) groups excluding carboxylic acids is 2. The van der Waals surface area contributed by atoms with Crippen LogP contribution in [0.4, 0.5) is 4.39 Å². The summed E-state index contributed by atoms with van der Waals surface area (Å²) in [5, 5.41) is 7.37. The lowest BCUT2D eigenvalue weighted by molar-refractivity contribution is -0.122. The number of hydrogen-bond donors (Lipinski definition) is 1. The number of nitrogens with one attached hydrogen (secondary N) is 1. The summed E-state index contributed by atoms with van der Waals surface area (Å²) in [6.45, 7) is 3.60. The highest BCUT2D eigenvalue weighted by Gasteiger charge is 2.32. The highest BCUT2D eigenvalue weighted by Crippen LogP contribution is 2.38. The number of halogens is 1. The lowest BCUT2D eigenvalue weighted by atomic mass is 9.93. The first-order valence-electron chi connectivity index (χ1n) is 11.0. The van der Waals surface area contributed by atoms with E-state index < -0.39 is 0 Å². The van der Waals surface area contributed by atoms with Crippen LogP contribution in [-0.4, -0.2) is 39.6 Å². The van der Waals surface area contributed by atoms with Crippen LogP contribution in [0.1, 0.15) is 45.8 Å². The van der Waals surface area contributed by atoms with Gasteiger partial charge < -0.3 is 14.6 Å². The maximum Gasteiger partial charge on any atom is 0.289 e. The minimum atomic E-state index is -0.343. The zero-order chi connectivity index (χ0) is 22.2. The molecule has 1 N–H and O–H groups in total. The number of fused-ring (bicyclic) bond motifs is 3. The molecule has 32 heavy (non-hydrogen) atoms. The van der Waals surface area contributed by atoms with Crippen LogP contribution in [0, 0.1) is 12.7 Å².